The molecule has 0 unspecified atom stereocenters. The largest absolute Gasteiger partial charge is 0.460 e. The molecule has 4 rings (SSSR count). The van der Waals surface area contributed by atoms with Gasteiger partial charge in [0.2, 0.25) is 5.95 Å². The first kappa shape index (κ1) is 15.2. The lowest BCUT2D eigenvalue weighted by Crippen LogP contribution is -2.30. The highest BCUT2D eigenvalue weighted by atomic mass is 35.5. The third-order valence-electron chi connectivity index (χ3n) is 4.21. The van der Waals surface area contributed by atoms with Crippen LogP contribution < -0.4 is 5.73 Å². The summed E-state index contributed by atoms with van der Waals surface area (Å²) in [5.41, 5.74) is 8.75. The summed E-state index contributed by atoms with van der Waals surface area (Å²) in [4.78, 5) is 10.7. The second-order valence-electron chi connectivity index (χ2n) is 5.91. The Morgan fingerprint density at radius 2 is 2.08 bits per heavy atom. The van der Waals surface area contributed by atoms with Gasteiger partial charge < -0.3 is 10.2 Å². The molecule has 3 heterocycles. The topological polar surface area (TPSA) is 68.2 Å². The smallest absolute Gasteiger partial charge is 0.220 e. The molecule has 1 aliphatic rings. The second-order valence-corrected chi connectivity index (χ2v) is 6.31. The van der Waals surface area contributed by atoms with Crippen LogP contribution in [0.2, 0.25) is 5.02 Å². The van der Waals surface area contributed by atoms with Crippen LogP contribution in [0.4, 0.5) is 5.95 Å². The highest BCUT2D eigenvalue weighted by Crippen LogP contribution is 2.29. The van der Waals surface area contributed by atoms with Gasteiger partial charge in [-0.05, 0) is 24.3 Å². The molecule has 2 N–H and O–H groups in total. The average Bonchev–Trinajstić information content (AvgIpc) is 3.04. The van der Waals surface area contributed by atoms with Crippen molar-refractivity contribution < 1.29 is 4.42 Å². The zero-order chi connectivity index (χ0) is 16.5. The van der Waals surface area contributed by atoms with Gasteiger partial charge in [0, 0.05) is 36.8 Å². The van der Waals surface area contributed by atoms with Crippen molar-refractivity contribution in [3.05, 3.63) is 64.6 Å². The Morgan fingerprint density at radius 1 is 1.21 bits per heavy atom. The van der Waals surface area contributed by atoms with Crippen molar-refractivity contribution in [1.29, 1.82) is 0 Å². The molecule has 0 saturated heterocycles. The summed E-state index contributed by atoms with van der Waals surface area (Å²) in [6, 6.07) is 11.7. The number of nitrogen functional groups attached to an aromatic ring is 1. The minimum atomic E-state index is 0.345. The van der Waals surface area contributed by atoms with Crippen LogP contribution in [0.5, 0.6) is 0 Å². The number of hydrogen-bond donors (Lipinski definition) is 1. The predicted octanol–water partition coefficient (Wildman–Crippen LogP) is 3.53. The first-order chi connectivity index (χ1) is 11.7. The van der Waals surface area contributed by atoms with E-state index in [2.05, 4.69) is 14.9 Å². The van der Waals surface area contributed by atoms with Crippen molar-refractivity contribution >= 4 is 17.5 Å². The number of furan rings is 1. The molecular weight excluding hydrogens is 324 g/mol. The number of fused-ring (bicyclic) bond motifs is 1. The maximum absolute atomic E-state index is 6.23. The highest BCUT2D eigenvalue weighted by Gasteiger charge is 2.19. The summed E-state index contributed by atoms with van der Waals surface area (Å²) < 4.78 is 5.98. The summed E-state index contributed by atoms with van der Waals surface area (Å²) in [6.45, 7) is 2.47. The van der Waals surface area contributed by atoms with Crippen LogP contribution in [0.15, 0.2) is 47.0 Å². The van der Waals surface area contributed by atoms with Crippen LogP contribution in [0.3, 0.4) is 0 Å². The molecule has 1 aliphatic heterocycles. The van der Waals surface area contributed by atoms with Crippen LogP contribution >= 0.6 is 11.6 Å². The minimum Gasteiger partial charge on any atom is -0.460 e. The molecule has 0 atom stereocenters. The molecule has 122 valence electrons. The lowest BCUT2D eigenvalue weighted by atomic mass is 10.1. The lowest BCUT2D eigenvalue weighted by molar-refractivity contribution is 0.224. The van der Waals surface area contributed by atoms with E-state index in [1.54, 1.807) is 0 Å². The molecule has 2 aromatic heterocycles. The monoisotopic (exact) mass is 340 g/mol. The van der Waals surface area contributed by atoms with Gasteiger partial charge in [0.15, 0.2) is 0 Å². The molecule has 0 fully saturated rings. The van der Waals surface area contributed by atoms with E-state index in [4.69, 9.17) is 21.8 Å². The van der Waals surface area contributed by atoms with E-state index in [1.807, 2.05) is 42.6 Å². The van der Waals surface area contributed by atoms with E-state index in [1.165, 1.54) is 0 Å². The second kappa shape index (κ2) is 6.26. The fourth-order valence-electron chi connectivity index (χ4n) is 3.01. The summed E-state index contributed by atoms with van der Waals surface area (Å²) in [5.74, 6) is 2.06. The van der Waals surface area contributed by atoms with Crippen molar-refractivity contribution in [1.82, 2.24) is 14.9 Å². The fourth-order valence-corrected chi connectivity index (χ4v) is 3.24. The van der Waals surface area contributed by atoms with Gasteiger partial charge in [-0.1, -0.05) is 23.7 Å². The van der Waals surface area contributed by atoms with Gasteiger partial charge in [-0.3, -0.25) is 4.90 Å². The van der Waals surface area contributed by atoms with Crippen LogP contribution in [0.1, 0.15) is 17.0 Å². The maximum Gasteiger partial charge on any atom is 0.220 e. The number of hydrogen-bond acceptors (Lipinski definition) is 5. The zero-order valence-electron chi connectivity index (χ0n) is 13.1. The quantitative estimate of drug-likeness (QED) is 0.790. The molecule has 0 spiro atoms. The van der Waals surface area contributed by atoms with Gasteiger partial charge in [0.05, 0.1) is 17.3 Å². The third kappa shape index (κ3) is 3.00. The standard InChI is InChI=1S/C18H17ClN4O/c19-15-4-2-1-3-14(15)17-6-5-13(24-17)11-23-8-7-16-12(10-23)9-21-18(20)22-16/h1-6,9H,7-8,10-11H2,(H2,20,21,22). The van der Waals surface area contributed by atoms with Crippen molar-refractivity contribution in [2.24, 2.45) is 0 Å². The number of nitrogens with zero attached hydrogens (tertiary/aromatic N) is 3. The number of aromatic nitrogens is 2. The molecule has 0 amide bonds. The Hall–Kier alpha value is -2.37. The van der Waals surface area contributed by atoms with E-state index in [9.17, 15) is 0 Å². The summed E-state index contributed by atoms with van der Waals surface area (Å²) >= 11 is 6.23. The molecule has 0 aliphatic carbocycles. The number of anilines is 1. The van der Waals surface area contributed by atoms with Gasteiger partial charge in [0.25, 0.3) is 0 Å². The maximum atomic E-state index is 6.23. The van der Waals surface area contributed by atoms with Gasteiger partial charge in [0.1, 0.15) is 11.5 Å². The Bertz CT molecular complexity index is 877. The number of rotatable bonds is 3. The van der Waals surface area contributed by atoms with Crippen LogP contribution in [-0.4, -0.2) is 21.4 Å². The van der Waals surface area contributed by atoms with Crippen molar-refractivity contribution in [3.8, 4) is 11.3 Å². The molecule has 0 saturated carbocycles. The lowest BCUT2D eigenvalue weighted by Gasteiger charge is -2.26. The normalized spacial score (nSPS) is 14.5. The van der Waals surface area contributed by atoms with Crippen molar-refractivity contribution in [2.75, 3.05) is 12.3 Å². The molecule has 6 heteroatoms. The Kier molecular flexibility index (Phi) is 3.96. The molecule has 0 bridgehead atoms. The van der Waals surface area contributed by atoms with Crippen LogP contribution in [0.25, 0.3) is 11.3 Å². The fraction of sp³-hybridized carbons (Fsp3) is 0.222. The Labute approximate surface area is 145 Å². The number of nitrogens with two attached hydrogens (primary N) is 1. The molecule has 3 aromatic rings. The van der Waals surface area contributed by atoms with Crippen LogP contribution in [0, 0.1) is 0 Å². The van der Waals surface area contributed by atoms with E-state index in [-0.39, 0.29) is 0 Å². The summed E-state index contributed by atoms with van der Waals surface area (Å²) in [6.07, 6.45) is 2.70. The van der Waals surface area contributed by atoms with Gasteiger partial charge in [-0.15, -0.1) is 0 Å². The van der Waals surface area contributed by atoms with Gasteiger partial charge in [-0.2, -0.15) is 0 Å². The predicted molar refractivity (Wildman–Crippen MR) is 93.4 cm³/mol. The first-order valence-corrected chi connectivity index (χ1v) is 8.23. The first-order valence-electron chi connectivity index (χ1n) is 7.85. The van der Waals surface area contributed by atoms with Crippen molar-refractivity contribution in [2.45, 2.75) is 19.5 Å². The van der Waals surface area contributed by atoms with Crippen LogP contribution in [-0.2, 0) is 19.5 Å². The SMILES string of the molecule is Nc1ncc2c(n1)CCN(Cc1ccc(-c3ccccc3Cl)o1)C2. The third-order valence-corrected chi connectivity index (χ3v) is 4.54. The number of benzene rings is 1. The van der Waals surface area contributed by atoms with Crippen molar-refractivity contribution in [3.63, 3.8) is 0 Å². The molecule has 24 heavy (non-hydrogen) atoms. The minimum absolute atomic E-state index is 0.345. The molecule has 5 nitrogen and oxygen atoms in total. The molecule has 0 radical (unpaired) electrons. The molecule has 1 aromatic carbocycles. The zero-order valence-corrected chi connectivity index (χ0v) is 13.8. The van der Waals surface area contributed by atoms with Gasteiger partial charge >= 0.3 is 0 Å². The Balaban J connectivity index is 1.49. The van der Waals surface area contributed by atoms with E-state index in [0.29, 0.717) is 11.0 Å². The van der Waals surface area contributed by atoms with E-state index < -0.39 is 0 Å². The average molecular weight is 341 g/mol. The molecular formula is C18H17ClN4O. The highest BCUT2D eigenvalue weighted by molar-refractivity contribution is 6.33. The number of halogens is 1. The summed E-state index contributed by atoms with van der Waals surface area (Å²) in [7, 11) is 0. The van der Waals surface area contributed by atoms with E-state index >= 15 is 0 Å². The van der Waals surface area contributed by atoms with E-state index in [0.717, 1.165) is 54.4 Å². The Morgan fingerprint density at radius 3 is 2.96 bits per heavy atom. The summed E-state index contributed by atoms with van der Waals surface area (Å²) in [5, 5.41) is 0.694. The van der Waals surface area contributed by atoms with Gasteiger partial charge in [-0.25, -0.2) is 9.97 Å².